The van der Waals surface area contributed by atoms with Crippen molar-refractivity contribution in [1.29, 1.82) is 0 Å². The van der Waals surface area contributed by atoms with Crippen LogP contribution in [0.2, 0.25) is 0 Å². The number of hydrogen-bond donors (Lipinski definition) is 1. The predicted molar refractivity (Wildman–Crippen MR) is 126 cm³/mol. The van der Waals surface area contributed by atoms with Gasteiger partial charge in [-0.05, 0) is 80.3 Å². The highest BCUT2D eigenvalue weighted by atomic mass is 79.9. The first-order chi connectivity index (χ1) is 14.3. The Bertz CT molecular complexity index is 1270. The Morgan fingerprint density at radius 2 is 1.77 bits per heavy atom. The molecule has 0 aliphatic carbocycles. The topological polar surface area (TPSA) is 46.4 Å². The van der Waals surface area contributed by atoms with Crippen LogP contribution in [0.25, 0.3) is 16.9 Å². The second kappa shape index (κ2) is 8.07. The van der Waals surface area contributed by atoms with Crippen molar-refractivity contribution in [2.75, 3.05) is 5.32 Å². The van der Waals surface area contributed by atoms with Crippen molar-refractivity contribution < 1.29 is 4.79 Å². The monoisotopic (exact) mass is 461 g/mol. The van der Waals surface area contributed by atoms with Crippen molar-refractivity contribution in [2.24, 2.45) is 0 Å². The molecule has 0 radical (unpaired) electrons. The maximum atomic E-state index is 13.0. The van der Waals surface area contributed by atoms with Crippen LogP contribution in [-0.2, 0) is 11.2 Å². The normalized spacial score (nSPS) is 11.1. The van der Waals surface area contributed by atoms with E-state index in [1.807, 2.05) is 54.8 Å². The molecule has 1 N–H and O–H groups in total. The Morgan fingerprint density at radius 1 is 0.967 bits per heavy atom. The molecule has 30 heavy (non-hydrogen) atoms. The van der Waals surface area contributed by atoms with Crippen LogP contribution in [0.4, 0.5) is 5.69 Å². The fourth-order valence-corrected chi connectivity index (χ4v) is 4.13. The number of carbonyl (C=O) groups excluding carboxylic acids is 1. The van der Waals surface area contributed by atoms with Crippen LogP contribution in [0.1, 0.15) is 27.9 Å². The number of pyridine rings is 1. The standard InChI is InChI=1S/C25H24BrN3O/c1-15-7-8-19(12-17(15)3)24-22(29-11-5-6-16(2)25(29)28-24)14-23(30)27-21-10-9-20(26)13-18(21)4/h5-13H,14H2,1-4H3,(H,27,30). The van der Waals surface area contributed by atoms with Gasteiger partial charge in [-0.2, -0.15) is 0 Å². The smallest absolute Gasteiger partial charge is 0.230 e. The van der Waals surface area contributed by atoms with Gasteiger partial charge in [0.1, 0.15) is 5.65 Å². The van der Waals surface area contributed by atoms with Crippen LogP contribution in [-0.4, -0.2) is 15.3 Å². The van der Waals surface area contributed by atoms with E-state index in [1.165, 1.54) is 11.1 Å². The molecule has 2 aromatic heterocycles. The molecule has 0 aliphatic heterocycles. The summed E-state index contributed by atoms with van der Waals surface area (Å²) in [5, 5.41) is 3.05. The summed E-state index contributed by atoms with van der Waals surface area (Å²) < 4.78 is 3.03. The number of fused-ring (bicyclic) bond motifs is 1. The number of nitrogens with zero attached hydrogens (tertiary/aromatic N) is 2. The lowest BCUT2D eigenvalue weighted by atomic mass is 10.0. The van der Waals surface area contributed by atoms with Crippen molar-refractivity contribution in [2.45, 2.75) is 34.1 Å². The number of halogens is 1. The van der Waals surface area contributed by atoms with Gasteiger partial charge in [0.25, 0.3) is 0 Å². The second-order valence-corrected chi connectivity index (χ2v) is 8.69. The van der Waals surface area contributed by atoms with Gasteiger partial charge in [-0.3, -0.25) is 4.79 Å². The van der Waals surface area contributed by atoms with Gasteiger partial charge >= 0.3 is 0 Å². The quantitative estimate of drug-likeness (QED) is 0.394. The summed E-state index contributed by atoms with van der Waals surface area (Å²) in [5.74, 6) is -0.0613. The second-order valence-electron chi connectivity index (χ2n) is 7.78. The number of aryl methyl sites for hydroxylation is 4. The Kier molecular flexibility index (Phi) is 5.48. The predicted octanol–water partition coefficient (Wildman–Crippen LogP) is 6.18. The van der Waals surface area contributed by atoms with Gasteiger partial charge in [0.2, 0.25) is 5.91 Å². The molecule has 4 rings (SSSR count). The summed E-state index contributed by atoms with van der Waals surface area (Å²) in [7, 11) is 0. The van der Waals surface area contributed by atoms with E-state index in [0.29, 0.717) is 0 Å². The lowest BCUT2D eigenvalue weighted by Gasteiger charge is -2.10. The molecule has 0 atom stereocenters. The van der Waals surface area contributed by atoms with E-state index in [4.69, 9.17) is 4.98 Å². The third kappa shape index (κ3) is 3.90. The molecular weight excluding hydrogens is 438 g/mol. The highest BCUT2D eigenvalue weighted by Gasteiger charge is 2.19. The summed E-state index contributed by atoms with van der Waals surface area (Å²) in [6.45, 7) is 8.23. The zero-order chi connectivity index (χ0) is 21.4. The van der Waals surface area contributed by atoms with Crippen molar-refractivity contribution in [3.63, 3.8) is 0 Å². The highest BCUT2D eigenvalue weighted by Crippen LogP contribution is 2.28. The maximum absolute atomic E-state index is 13.0. The van der Waals surface area contributed by atoms with Gasteiger partial charge in [-0.1, -0.05) is 34.1 Å². The third-order valence-corrected chi connectivity index (χ3v) is 6.01. The minimum absolute atomic E-state index is 0.0613. The minimum Gasteiger partial charge on any atom is -0.326 e. The Balaban J connectivity index is 1.76. The van der Waals surface area contributed by atoms with Crippen molar-refractivity contribution in [1.82, 2.24) is 9.38 Å². The minimum atomic E-state index is -0.0613. The molecule has 0 fully saturated rings. The number of rotatable bonds is 4. The molecule has 0 aliphatic rings. The number of nitrogens with one attached hydrogen (secondary N) is 1. The summed E-state index contributed by atoms with van der Waals surface area (Å²) in [6, 6.07) is 16.2. The fourth-order valence-electron chi connectivity index (χ4n) is 3.66. The largest absolute Gasteiger partial charge is 0.326 e. The van der Waals surface area contributed by atoms with Crippen LogP contribution in [0, 0.1) is 27.7 Å². The van der Waals surface area contributed by atoms with E-state index >= 15 is 0 Å². The molecule has 2 aromatic carbocycles. The van der Waals surface area contributed by atoms with Crippen LogP contribution in [0.3, 0.4) is 0 Å². The summed E-state index contributed by atoms with van der Waals surface area (Å²) in [6.07, 6.45) is 2.22. The fraction of sp³-hybridized carbons (Fsp3) is 0.200. The average molecular weight is 462 g/mol. The molecule has 152 valence electrons. The summed E-state index contributed by atoms with van der Waals surface area (Å²) >= 11 is 3.47. The number of anilines is 1. The molecule has 1 amide bonds. The highest BCUT2D eigenvalue weighted by molar-refractivity contribution is 9.10. The van der Waals surface area contributed by atoms with E-state index in [1.54, 1.807) is 0 Å². The summed E-state index contributed by atoms with van der Waals surface area (Å²) in [4.78, 5) is 17.9. The first kappa shape index (κ1) is 20.4. The molecule has 0 unspecified atom stereocenters. The van der Waals surface area contributed by atoms with Crippen molar-refractivity contribution in [3.05, 3.63) is 87.1 Å². The first-order valence-corrected chi connectivity index (χ1v) is 10.7. The zero-order valence-corrected chi connectivity index (χ0v) is 19.2. The Labute approximate surface area is 185 Å². The lowest BCUT2D eigenvalue weighted by Crippen LogP contribution is -2.16. The lowest BCUT2D eigenvalue weighted by molar-refractivity contribution is -0.115. The van der Waals surface area contributed by atoms with Gasteiger partial charge in [-0.15, -0.1) is 0 Å². The van der Waals surface area contributed by atoms with Gasteiger partial charge in [-0.25, -0.2) is 4.98 Å². The SMILES string of the molecule is Cc1ccc(-c2nc3c(C)cccn3c2CC(=O)Nc2ccc(Br)cc2C)cc1C. The Morgan fingerprint density at radius 3 is 2.50 bits per heavy atom. The van der Waals surface area contributed by atoms with Crippen LogP contribution >= 0.6 is 15.9 Å². The van der Waals surface area contributed by atoms with E-state index in [9.17, 15) is 4.79 Å². The molecule has 0 saturated carbocycles. The van der Waals surface area contributed by atoms with E-state index in [2.05, 4.69) is 53.3 Å². The van der Waals surface area contributed by atoms with Crippen LogP contribution < -0.4 is 5.32 Å². The van der Waals surface area contributed by atoms with Crippen molar-refractivity contribution in [3.8, 4) is 11.3 Å². The van der Waals surface area contributed by atoms with Crippen LogP contribution in [0.5, 0.6) is 0 Å². The number of amides is 1. The van der Waals surface area contributed by atoms with Crippen LogP contribution in [0.15, 0.2) is 59.2 Å². The number of carbonyl (C=O) groups is 1. The van der Waals surface area contributed by atoms with Gasteiger partial charge in [0.15, 0.2) is 0 Å². The number of hydrogen-bond acceptors (Lipinski definition) is 2. The zero-order valence-electron chi connectivity index (χ0n) is 17.6. The molecule has 0 bridgehead atoms. The third-order valence-electron chi connectivity index (χ3n) is 5.51. The van der Waals surface area contributed by atoms with Gasteiger partial charge < -0.3 is 9.72 Å². The number of aromatic nitrogens is 2. The molecule has 0 spiro atoms. The first-order valence-electron chi connectivity index (χ1n) is 9.93. The molecule has 0 saturated heterocycles. The Hall–Kier alpha value is -2.92. The molecular formula is C25H24BrN3O. The molecule has 4 aromatic rings. The van der Waals surface area contributed by atoms with E-state index in [0.717, 1.165) is 43.9 Å². The van der Waals surface area contributed by atoms with Gasteiger partial charge in [0, 0.05) is 21.9 Å². The average Bonchev–Trinajstić information content (AvgIpc) is 3.06. The summed E-state index contributed by atoms with van der Waals surface area (Å²) in [5.41, 5.74) is 9.03. The maximum Gasteiger partial charge on any atom is 0.230 e. The molecule has 4 nitrogen and oxygen atoms in total. The number of benzene rings is 2. The van der Waals surface area contributed by atoms with Gasteiger partial charge in [0.05, 0.1) is 17.8 Å². The molecule has 2 heterocycles. The number of imidazole rings is 1. The van der Waals surface area contributed by atoms with E-state index < -0.39 is 0 Å². The van der Waals surface area contributed by atoms with Crippen molar-refractivity contribution >= 4 is 33.2 Å². The van der Waals surface area contributed by atoms with E-state index in [-0.39, 0.29) is 12.3 Å². The molecule has 5 heteroatoms.